The Bertz CT molecular complexity index is 1360. The van der Waals surface area contributed by atoms with E-state index in [2.05, 4.69) is 0 Å². The Morgan fingerprint density at radius 3 is 2.44 bits per heavy atom. The average Bonchev–Trinajstić information content (AvgIpc) is 3.08. The van der Waals surface area contributed by atoms with Gasteiger partial charge in [-0.2, -0.15) is 13.2 Å². The van der Waals surface area contributed by atoms with Gasteiger partial charge in [-0.3, -0.25) is 0 Å². The molecule has 1 aromatic heterocycles. The number of carboxylic acid groups (broad SMARTS) is 1. The van der Waals surface area contributed by atoms with Crippen LogP contribution < -0.4 is 0 Å². The van der Waals surface area contributed by atoms with Gasteiger partial charge in [0.1, 0.15) is 17.1 Å². The Morgan fingerprint density at radius 1 is 1.06 bits per heavy atom. The highest BCUT2D eigenvalue weighted by Gasteiger charge is 2.34. The first-order chi connectivity index (χ1) is 15.1. The molecule has 9 heteroatoms. The zero-order chi connectivity index (χ0) is 23.2. The maximum absolute atomic E-state index is 14.8. The number of rotatable bonds is 4. The van der Waals surface area contributed by atoms with E-state index in [1.165, 1.54) is 41.1 Å². The van der Waals surface area contributed by atoms with Gasteiger partial charge in [0, 0.05) is 34.8 Å². The number of hydrogen-bond donors (Lipinski definition) is 2. The van der Waals surface area contributed by atoms with Crippen molar-refractivity contribution < 1.29 is 32.6 Å². The summed E-state index contributed by atoms with van der Waals surface area (Å²) in [6.45, 7) is 0. The molecule has 0 bridgehead atoms. The van der Waals surface area contributed by atoms with E-state index in [4.69, 9.17) is 16.7 Å². The number of fused-ring (bicyclic) bond motifs is 1. The van der Waals surface area contributed by atoms with Crippen LogP contribution in [0.4, 0.5) is 17.6 Å². The van der Waals surface area contributed by atoms with Crippen LogP contribution in [0.15, 0.2) is 60.8 Å². The summed E-state index contributed by atoms with van der Waals surface area (Å²) in [5.74, 6) is -2.50. The number of aromatic hydroxyl groups is 1. The first-order valence-corrected chi connectivity index (χ1v) is 9.65. The molecule has 3 aromatic carbocycles. The second-order valence-electron chi connectivity index (χ2n) is 7.11. The van der Waals surface area contributed by atoms with Gasteiger partial charge in [-0.25, -0.2) is 9.18 Å². The first kappa shape index (κ1) is 21.7. The summed E-state index contributed by atoms with van der Waals surface area (Å²) < 4.78 is 56.7. The molecule has 4 aromatic rings. The highest BCUT2D eigenvalue weighted by molar-refractivity contribution is 6.31. The smallest absolute Gasteiger partial charge is 0.416 e. The molecule has 0 atom stereocenters. The summed E-state index contributed by atoms with van der Waals surface area (Å²) >= 11 is 6.09. The molecule has 0 spiro atoms. The second kappa shape index (κ2) is 7.87. The van der Waals surface area contributed by atoms with Crippen molar-refractivity contribution >= 4 is 28.5 Å². The van der Waals surface area contributed by atoms with Crippen LogP contribution in [-0.4, -0.2) is 20.7 Å². The molecule has 0 saturated heterocycles. The van der Waals surface area contributed by atoms with Crippen molar-refractivity contribution in [3.05, 3.63) is 93.9 Å². The number of nitrogens with zero attached hydrogens (tertiary/aromatic N) is 1. The van der Waals surface area contributed by atoms with E-state index < -0.39 is 29.3 Å². The van der Waals surface area contributed by atoms with Crippen LogP contribution in [0.3, 0.4) is 0 Å². The van der Waals surface area contributed by atoms with Crippen LogP contribution in [-0.2, 0) is 12.6 Å². The topological polar surface area (TPSA) is 62.5 Å². The van der Waals surface area contributed by atoms with Gasteiger partial charge in [0.15, 0.2) is 0 Å². The second-order valence-corrected chi connectivity index (χ2v) is 7.51. The molecule has 0 unspecified atom stereocenters. The number of carbonyl (C=O) groups is 1. The fourth-order valence-corrected chi connectivity index (χ4v) is 3.94. The minimum absolute atomic E-state index is 0.0689. The van der Waals surface area contributed by atoms with E-state index in [1.807, 2.05) is 0 Å². The number of aromatic carboxylic acids is 1. The van der Waals surface area contributed by atoms with E-state index in [0.29, 0.717) is 10.9 Å². The van der Waals surface area contributed by atoms with Crippen LogP contribution in [0.1, 0.15) is 27.0 Å². The molecular formula is C23H14ClF4NO3. The Labute approximate surface area is 183 Å². The number of carboxylic acids is 1. The predicted molar refractivity (Wildman–Crippen MR) is 111 cm³/mol. The third kappa shape index (κ3) is 3.78. The summed E-state index contributed by atoms with van der Waals surface area (Å²) in [4.78, 5) is 11.2. The Balaban J connectivity index is 1.91. The predicted octanol–water partition coefficient (Wildman–Crippen LogP) is 6.44. The summed E-state index contributed by atoms with van der Waals surface area (Å²) in [5, 5.41) is 19.4. The van der Waals surface area contributed by atoms with E-state index in [1.54, 1.807) is 6.07 Å². The molecule has 0 aliphatic carbocycles. The molecule has 164 valence electrons. The van der Waals surface area contributed by atoms with Gasteiger partial charge < -0.3 is 14.8 Å². The number of hydrogen-bond acceptors (Lipinski definition) is 2. The lowest BCUT2D eigenvalue weighted by Gasteiger charge is -2.14. The maximum Gasteiger partial charge on any atom is 0.416 e. The molecule has 4 rings (SSSR count). The summed E-state index contributed by atoms with van der Waals surface area (Å²) in [5.41, 5.74) is -0.675. The van der Waals surface area contributed by atoms with Gasteiger partial charge in [-0.15, -0.1) is 0 Å². The fourth-order valence-electron chi connectivity index (χ4n) is 3.70. The Hall–Kier alpha value is -3.52. The maximum atomic E-state index is 14.8. The third-order valence-electron chi connectivity index (χ3n) is 5.14. The molecule has 4 nitrogen and oxygen atoms in total. The number of phenols is 1. The van der Waals surface area contributed by atoms with Crippen molar-refractivity contribution in [2.24, 2.45) is 0 Å². The van der Waals surface area contributed by atoms with Crippen LogP contribution in [0, 0.1) is 5.82 Å². The molecule has 0 fully saturated rings. The van der Waals surface area contributed by atoms with Gasteiger partial charge in [-0.05, 0) is 41.5 Å². The van der Waals surface area contributed by atoms with E-state index in [0.717, 1.165) is 18.2 Å². The van der Waals surface area contributed by atoms with Crippen LogP contribution >= 0.6 is 11.6 Å². The van der Waals surface area contributed by atoms with Gasteiger partial charge in [0.2, 0.25) is 0 Å². The fraction of sp³-hybridized carbons (Fsp3) is 0.0870. The van der Waals surface area contributed by atoms with Gasteiger partial charge >= 0.3 is 12.1 Å². The number of benzene rings is 3. The van der Waals surface area contributed by atoms with Crippen molar-refractivity contribution in [1.29, 1.82) is 0 Å². The lowest BCUT2D eigenvalue weighted by atomic mass is 9.99. The molecular weight excluding hydrogens is 450 g/mol. The van der Waals surface area contributed by atoms with Crippen molar-refractivity contribution in [3.63, 3.8) is 0 Å². The Kier molecular flexibility index (Phi) is 5.34. The number of para-hydroxylation sites is 1. The summed E-state index contributed by atoms with van der Waals surface area (Å²) in [6.07, 6.45) is -3.39. The van der Waals surface area contributed by atoms with Crippen molar-refractivity contribution in [2.75, 3.05) is 0 Å². The third-order valence-corrected chi connectivity index (χ3v) is 5.49. The molecule has 2 N–H and O–H groups in total. The standard InChI is InChI=1S/C23H14ClF4NO3/c24-18-5-2-4-17(23(26,27)28)16(18)9-12-11-29(21-14(12)3-1-6-19(21)25)13-7-8-15(22(31)32)20(30)10-13/h1-8,10-11,30H,9H2,(H,31,32). The highest BCUT2D eigenvalue weighted by Crippen LogP contribution is 2.38. The minimum atomic E-state index is -4.62. The molecule has 0 saturated carbocycles. The SMILES string of the molecule is O=C(O)c1ccc(-n2cc(Cc3c(Cl)cccc3C(F)(F)F)c3cccc(F)c32)cc1O. The molecule has 1 heterocycles. The van der Waals surface area contributed by atoms with E-state index in [-0.39, 0.29) is 33.8 Å². The average molecular weight is 464 g/mol. The number of alkyl halides is 3. The molecule has 0 amide bonds. The molecule has 32 heavy (non-hydrogen) atoms. The van der Waals surface area contributed by atoms with E-state index in [9.17, 15) is 27.5 Å². The quantitative estimate of drug-likeness (QED) is 0.342. The number of aromatic nitrogens is 1. The molecule has 0 aliphatic heterocycles. The largest absolute Gasteiger partial charge is 0.507 e. The van der Waals surface area contributed by atoms with Crippen molar-refractivity contribution in [3.8, 4) is 11.4 Å². The first-order valence-electron chi connectivity index (χ1n) is 9.27. The van der Waals surface area contributed by atoms with Gasteiger partial charge in [-0.1, -0.05) is 29.8 Å². The van der Waals surface area contributed by atoms with Crippen LogP contribution in [0.25, 0.3) is 16.6 Å². The van der Waals surface area contributed by atoms with Crippen molar-refractivity contribution in [2.45, 2.75) is 12.6 Å². The normalized spacial score (nSPS) is 11.8. The minimum Gasteiger partial charge on any atom is -0.507 e. The highest BCUT2D eigenvalue weighted by atomic mass is 35.5. The summed E-state index contributed by atoms with van der Waals surface area (Å²) in [6, 6.07) is 11.4. The van der Waals surface area contributed by atoms with Gasteiger partial charge in [0.05, 0.1) is 11.1 Å². The van der Waals surface area contributed by atoms with Crippen molar-refractivity contribution in [1.82, 2.24) is 4.57 Å². The van der Waals surface area contributed by atoms with Gasteiger partial charge in [0.25, 0.3) is 0 Å². The number of halogens is 5. The molecule has 0 aliphatic rings. The van der Waals surface area contributed by atoms with Crippen LogP contribution in [0.5, 0.6) is 5.75 Å². The summed E-state index contributed by atoms with van der Waals surface area (Å²) in [7, 11) is 0. The lowest BCUT2D eigenvalue weighted by molar-refractivity contribution is -0.138. The lowest BCUT2D eigenvalue weighted by Crippen LogP contribution is -2.10. The monoisotopic (exact) mass is 463 g/mol. The Morgan fingerprint density at radius 2 is 1.78 bits per heavy atom. The van der Waals surface area contributed by atoms with E-state index >= 15 is 0 Å². The van der Waals surface area contributed by atoms with Crippen LogP contribution in [0.2, 0.25) is 5.02 Å². The molecule has 0 radical (unpaired) electrons. The zero-order valence-corrected chi connectivity index (χ0v) is 16.9. The zero-order valence-electron chi connectivity index (χ0n) is 16.1.